The summed E-state index contributed by atoms with van der Waals surface area (Å²) in [6, 6.07) is 16.5. The number of amides is 1. The van der Waals surface area contributed by atoms with E-state index in [0.717, 1.165) is 11.1 Å². The second-order valence-corrected chi connectivity index (χ2v) is 8.59. The quantitative estimate of drug-likeness (QED) is 0.328. The molecule has 0 saturated carbocycles. The molecule has 6 nitrogen and oxygen atoms in total. The fourth-order valence-electron chi connectivity index (χ4n) is 3.33. The van der Waals surface area contributed by atoms with Gasteiger partial charge in [0.1, 0.15) is 19.8 Å². The molecule has 1 aliphatic rings. The van der Waals surface area contributed by atoms with Crippen LogP contribution >= 0.6 is 27.5 Å². The second kappa shape index (κ2) is 11.3. The molecule has 3 aromatic carbocycles. The SMILES string of the molecule is CCOc1cc(/C=C/C(=O)Nc2ccc3c(c2)OCCO3)cc(Br)c1OCc1ccccc1Cl. The van der Waals surface area contributed by atoms with Gasteiger partial charge in [0.15, 0.2) is 23.0 Å². The first-order valence-corrected chi connectivity index (χ1v) is 11.9. The van der Waals surface area contributed by atoms with Crippen molar-refractivity contribution in [1.82, 2.24) is 0 Å². The van der Waals surface area contributed by atoms with Gasteiger partial charge < -0.3 is 24.3 Å². The lowest BCUT2D eigenvalue weighted by Gasteiger charge is -2.18. The molecule has 8 heteroatoms. The fourth-order valence-corrected chi connectivity index (χ4v) is 4.09. The third kappa shape index (κ3) is 6.04. The average molecular weight is 545 g/mol. The predicted molar refractivity (Wildman–Crippen MR) is 136 cm³/mol. The van der Waals surface area contributed by atoms with Gasteiger partial charge in [0, 0.05) is 28.4 Å². The highest BCUT2D eigenvalue weighted by Crippen LogP contribution is 2.38. The molecular formula is C26H23BrClNO5. The summed E-state index contributed by atoms with van der Waals surface area (Å²) in [7, 11) is 0. The largest absolute Gasteiger partial charge is 0.490 e. The molecule has 0 atom stereocenters. The fraction of sp³-hybridized carbons (Fsp3) is 0.192. The highest BCUT2D eigenvalue weighted by molar-refractivity contribution is 9.10. The number of fused-ring (bicyclic) bond motifs is 1. The highest BCUT2D eigenvalue weighted by Gasteiger charge is 2.14. The van der Waals surface area contributed by atoms with Crippen molar-refractivity contribution in [3.63, 3.8) is 0 Å². The van der Waals surface area contributed by atoms with Gasteiger partial charge in [-0.2, -0.15) is 0 Å². The van der Waals surface area contributed by atoms with Crippen LogP contribution in [0.25, 0.3) is 6.08 Å². The Bertz CT molecular complexity index is 1210. The molecule has 0 aliphatic carbocycles. The van der Waals surface area contributed by atoms with Crippen molar-refractivity contribution in [3.05, 3.63) is 81.3 Å². The molecule has 0 fully saturated rings. The van der Waals surface area contributed by atoms with E-state index in [0.29, 0.717) is 64.6 Å². The number of halogens is 2. The van der Waals surface area contributed by atoms with Gasteiger partial charge in [-0.1, -0.05) is 29.8 Å². The van der Waals surface area contributed by atoms with Crippen LogP contribution in [0.2, 0.25) is 5.02 Å². The van der Waals surface area contributed by atoms with Crippen LogP contribution in [0.1, 0.15) is 18.1 Å². The van der Waals surface area contributed by atoms with Crippen molar-refractivity contribution in [3.8, 4) is 23.0 Å². The van der Waals surface area contributed by atoms with E-state index in [1.807, 2.05) is 43.3 Å². The van der Waals surface area contributed by atoms with Gasteiger partial charge in [-0.3, -0.25) is 4.79 Å². The molecule has 1 amide bonds. The maximum Gasteiger partial charge on any atom is 0.248 e. The number of hydrogen-bond acceptors (Lipinski definition) is 5. The Labute approximate surface area is 211 Å². The van der Waals surface area contributed by atoms with Crippen LogP contribution in [-0.4, -0.2) is 25.7 Å². The number of carbonyl (C=O) groups is 1. The van der Waals surface area contributed by atoms with Crippen molar-refractivity contribution < 1.29 is 23.7 Å². The van der Waals surface area contributed by atoms with Crippen LogP contribution in [-0.2, 0) is 11.4 Å². The Morgan fingerprint density at radius 3 is 2.68 bits per heavy atom. The van der Waals surface area contributed by atoms with Crippen molar-refractivity contribution in [2.45, 2.75) is 13.5 Å². The van der Waals surface area contributed by atoms with Crippen LogP contribution in [0.4, 0.5) is 5.69 Å². The molecule has 1 aliphatic heterocycles. The summed E-state index contributed by atoms with van der Waals surface area (Å²) in [5, 5.41) is 3.47. The normalized spacial score (nSPS) is 12.4. The minimum atomic E-state index is -0.273. The van der Waals surface area contributed by atoms with Gasteiger partial charge in [0.05, 0.1) is 11.1 Å². The number of hydrogen-bond donors (Lipinski definition) is 1. The summed E-state index contributed by atoms with van der Waals surface area (Å²) >= 11 is 9.79. The van der Waals surface area contributed by atoms with E-state index < -0.39 is 0 Å². The van der Waals surface area contributed by atoms with Crippen molar-refractivity contribution in [2.75, 3.05) is 25.1 Å². The topological polar surface area (TPSA) is 66.0 Å². The summed E-state index contributed by atoms with van der Waals surface area (Å²) in [6.07, 6.45) is 3.16. The van der Waals surface area contributed by atoms with Gasteiger partial charge in [0.25, 0.3) is 0 Å². The standard InChI is InChI=1S/C26H23BrClNO5/c1-2-31-24-14-17(13-20(27)26(24)34-16-18-5-3-4-6-21(18)28)7-10-25(30)29-19-8-9-22-23(15-19)33-12-11-32-22/h3-10,13-15H,2,11-12,16H2,1H3,(H,29,30)/b10-7+. The first-order valence-electron chi connectivity index (χ1n) is 10.7. The number of nitrogens with one attached hydrogen (secondary N) is 1. The maximum absolute atomic E-state index is 12.5. The third-order valence-electron chi connectivity index (χ3n) is 4.90. The Morgan fingerprint density at radius 2 is 1.88 bits per heavy atom. The van der Waals surface area contributed by atoms with E-state index in [4.69, 9.17) is 30.5 Å². The van der Waals surface area contributed by atoms with Gasteiger partial charge in [-0.15, -0.1) is 0 Å². The molecule has 0 spiro atoms. The van der Waals surface area contributed by atoms with Gasteiger partial charge >= 0.3 is 0 Å². The summed E-state index contributed by atoms with van der Waals surface area (Å²) in [6.45, 7) is 3.66. The number of ether oxygens (including phenoxy) is 4. The molecule has 0 radical (unpaired) electrons. The van der Waals surface area contributed by atoms with Crippen molar-refractivity contribution >= 4 is 45.2 Å². The van der Waals surface area contributed by atoms with Crippen LogP contribution in [0.5, 0.6) is 23.0 Å². The van der Waals surface area contributed by atoms with Crippen molar-refractivity contribution in [2.24, 2.45) is 0 Å². The van der Waals surface area contributed by atoms with Crippen LogP contribution < -0.4 is 24.3 Å². The summed E-state index contributed by atoms with van der Waals surface area (Å²) in [5.41, 5.74) is 2.27. The van der Waals surface area contributed by atoms with Crippen LogP contribution in [0, 0.1) is 0 Å². The van der Waals surface area contributed by atoms with Crippen LogP contribution in [0.3, 0.4) is 0 Å². The second-order valence-electron chi connectivity index (χ2n) is 7.32. The summed E-state index contributed by atoms with van der Waals surface area (Å²) in [5.74, 6) is 2.15. The van der Waals surface area contributed by atoms with Gasteiger partial charge in [-0.25, -0.2) is 0 Å². The first-order chi connectivity index (χ1) is 16.5. The molecule has 0 bridgehead atoms. The summed E-state index contributed by atoms with van der Waals surface area (Å²) < 4.78 is 23.6. The van der Waals surface area contributed by atoms with E-state index in [2.05, 4.69) is 21.2 Å². The van der Waals surface area contributed by atoms with Crippen LogP contribution in [0.15, 0.2) is 65.1 Å². The molecule has 4 rings (SSSR count). The Hall–Kier alpha value is -3.16. The molecule has 0 unspecified atom stereocenters. The molecule has 176 valence electrons. The lowest BCUT2D eigenvalue weighted by Crippen LogP contribution is -2.16. The molecule has 1 N–H and O–H groups in total. The average Bonchev–Trinajstić information content (AvgIpc) is 2.83. The Morgan fingerprint density at radius 1 is 1.09 bits per heavy atom. The maximum atomic E-state index is 12.5. The van der Waals surface area contributed by atoms with E-state index >= 15 is 0 Å². The highest BCUT2D eigenvalue weighted by atomic mass is 79.9. The smallest absolute Gasteiger partial charge is 0.248 e. The lowest BCUT2D eigenvalue weighted by atomic mass is 10.1. The predicted octanol–water partition coefficient (Wildman–Crippen LogP) is 6.50. The molecule has 1 heterocycles. The lowest BCUT2D eigenvalue weighted by molar-refractivity contribution is -0.111. The minimum Gasteiger partial charge on any atom is -0.490 e. The number of carbonyl (C=O) groups excluding carboxylic acids is 1. The number of anilines is 1. The van der Waals surface area contributed by atoms with Crippen molar-refractivity contribution in [1.29, 1.82) is 0 Å². The van der Waals surface area contributed by atoms with E-state index in [9.17, 15) is 4.79 Å². The monoisotopic (exact) mass is 543 g/mol. The first kappa shape index (κ1) is 24.0. The molecular weight excluding hydrogens is 522 g/mol. The summed E-state index contributed by atoms with van der Waals surface area (Å²) in [4.78, 5) is 12.5. The molecule has 3 aromatic rings. The zero-order valence-electron chi connectivity index (χ0n) is 18.5. The van der Waals surface area contributed by atoms with E-state index in [1.165, 1.54) is 6.08 Å². The molecule has 0 aromatic heterocycles. The number of benzene rings is 3. The Balaban J connectivity index is 1.46. The molecule has 34 heavy (non-hydrogen) atoms. The van der Waals surface area contributed by atoms with Gasteiger partial charge in [0.2, 0.25) is 5.91 Å². The van der Waals surface area contributed by atoms with Gasteiger partial charge in [-0.05, 0) is 64.8 Å². The zero-order chi connectivity index (χ0) is 23.9. The third-order valence-corrected chi connectivity index (χ3v) is 5.86. The minimum absolute atomic E-state index is 0.273. The Kier molecular flexibility index (Phi) is 7.98. The molecule has 0 saturated heterocycles. The van der Waals surface area contributed by atoms with E-state index in [-0.39, 0.29) is 5.91 Å². The number of rotatable bonds is 8. The van der Waals surface area contributed by atoms with E-state index in [1.54, 1.807) is 24.3 Å². The zero-order valence-corrected chi connectivity index (χ0v) is 20.8.